The normalized spacial score (nSPS) is 28.0. The first-order valence-electron chi connectivity index (χ1n) is 7.62. The first-order chi connectivity index (χ1) is 10.1. The number of hydrogen-bond donors (Lipinski definition) is 1. The van der Waals surface area contributed by atoms with Crippen LogP contribution >= 0.6 is 23.1 Å². The Labute approximate surface area is 133 Å². The summed E-state index contributed by atoms with van der Waals surface area (Å²) in [6, 6.07) is 3.14. The average molecular weight is 332 g/mol. The number of fused-ring (bicyclic) bond motifs is 1. The topological polar surface area (TPSA) is 15.3 Å². The van der Waals surface area contributed by atoms with Gasteiger partial charge >= 0.3 is 0 Å². The van der Waals surface area contributed by atoms with Crippen LogP contribution in [0.1, 0.15) is 37.8 Å². The average Bonchev–Trinajstić information content (AvgIpc) is 2.88. The molecule has 3 rings (SSSR count). The Bertz CT molecular complexity index is 458. The number of rotatable bonds is 4. The van der Waals surface area contributed by atoms with E-state index in [1.807, 2.05) is 28.0 Å². The molecule has 1 saturated heterocycles. The second kappa shape index (κ2) is 6.94. The molecule has 0 saturated carbocycles. The third-order valence-electron chi connectivity index (χ3n) is 4.33. The van der Waals surface area contributed by atoms with Crippen molar-refractivity contribution >= 4 is 23.1 Å². The third kappa shape index (κ3) is 3.97. The molecule has 118 valence electrons. The van der Waals surface area contributed by atoms with Gasteiger partial charge < -0.3 is 5.32 Å². The predicted molar refractivity (Wildman–Crippen MR) is 85.6 cm³/mol. The minimum absolute atomic E-state index is 0.0709. The number of piperidine rings is 1. The van der Waals surface area contributed by atoms with Crippen molar-refractivity contribution in [1.29, 1.82) is 0 Å². The van der Waals surface area contributed by atoms with Crippen LogP contribution in [0.5, 0.6) is 0 Å². The van der Waals surface area contributed by atoms with E-state index < -0.39 is 6.43 Å². The molecule has 6 heteroatoms. The van der Waals surface area contributed by atoms with Crippen molar-refractivity contribution in [2.75, 3.05) is 19.6 Å². The first kappa shape index (κ1) is 15.7. The molecular formula is C15H22F2N2S2. The zero-order valence-corrected chi connectivity index (χ0v) is 13.9. The van der Waals surface area contributed by atoms with Crippen molar-refractivity contribution in [1.82, 2.24) is 10.2 Å². The number of nitrogens with one attached hydrogen (secondary N) is 1. The number of likely N-dealkylation sites (tertiary alicyclic amines) is 1. The van der Waals surface area contributed by atoms with Crippen LogP contribution in [0.3, 0.4) is 0 Å². The molecule has 3 heterocycles. The lowest BCUT2D eigenvalue weighted by atomic mass is 9.99. The number of thiophene rings is 1. The summed E-state index contributed by atoms with van der Waals surface area (Å²) < 4.78 is 26.3. The molecule has 2 atom stereocenters. The van der Waals surface area contributed by atoms with Crippen LogP contribution in [0, 0.1) is 0 Å². The Hall–Kier alpha value is -0.170. The number of hydrogen-bond acceptors (Lipinski definition) is 4. The van der Waals surface area contributed by atoms with E-state index in [-0.39, 0.29) is 6.54 Å². The van der Waals surface area contributed by atoms with Gasteiger partial charge in [-0.15, -0.1) is 23.1 Å². The fourth-order valence-electron chi connectivity index (χ4n) is 3.27. The molecule has 0 radical (unpaired) electrons. The fraction of sp³-hybridized carbons (Fsp3) is 0.733. The Kier molecular flexibility index (Phi) is 5.19. The van der Waals surface area contributed by atoms with E-state index in [1.165, 1.54) is 9.77 Å². The molecule has 2 nitrogen and oxygen atoms in total. The summed E-state index contributed by atoms with van der Waals surface area (Å²) in [7, 11) is 0. The molecule has 0 aromatic carbocycles. The van der Waals surface area contributed by atoms with Gasteiger partial charge in [0.15, 0.2) is 0 Å². The Morgan fingerprint density at radius 2 is 2.14 bits per heavy atom. The molecule has 1 fully saturated rings. The summed E-state index contributed by atoms with van der Waals surface area (Å²) in [5.41, 5.74) is 1.44. The number of thioether (sulfide) groups is 1. The van der Waals surface area contributed by atoms with Gasteiger partial charge in [-0.1, -0.05) is 6.92 Å². The van der Waals surface area contributed by atoms with Gasteiger partial charge in [-0.05, 0) is 49.4 Å². The SMILES string of the molecule is C[C@H]1CC(NC2CCN(CC(F)F)CC2)c2ccsc2S1. The predicted octanol–water partition coefficient (Wildman–Crippen LogP) is 3.99. The van der Waals surface area contributed by atoms with E-state index in [9.17, 15) is 8.78 Å². The quantitative estimate of drug-likeness (QED) is 0.897. The van der Waals surface area contributed by atoms with Crippen LogP contribution in [0.15, 0.2) is 15.7 Å². The van der Waals surface area contributed by atoms with Gasteiger partial charge in [0, 0.05) is 17.3 Å². The van der Waals surface area contributed by atoms with Gasteiger partial charge in [0.05, 0.1) is 10.8 Å². The third-order valence-corrected chi connectivity index (χ3v) is 6.67. The second-order valence-electron chi connectivity index (χ2n) is 6.01. The summed E-state index contributed by atoms with van der Waals surface area (Å²) in [6.45, 7) is 3.79. The molecule has 1 aromatic rings. The van der Waals surface area contributed by atoms with Crippen molar-refractivity contribution in [3.05, 3.63) is 17.0 Å². The molecular weight excluding hydrogens is 310 g/mol. The zero-order chi connectivity index (χ0) is 14.8. The second-order valence-corrected chi connectivity index (χ2v) is 8.64. The minimum Gasteiger partial charge on any atom is -0.307 e. The fourth-order valence-corrected chi connectivity index (χ4v) is 5.84. The van der Waals surface area contributed by atoms with Crippen molar-refractivity contribution in [3.63, 3.8) is 0 Å². The summed E-state index contributed by atoms with van der Waals surface area (Å²) in [6.07, 6.45) is 0.902. The molecule has 2 aliphatic rings. The standard InChI is InChI=1S/C15H22F2N2S2/c1-10-8-13(12-4-7-20-15(12)21-10)18-11-2-5-19(6-3-11)9-14(16)17/h4,7,10-11,13-14,18H,2-3,5-6,8-9H2,1H3/t10-,13?/m0/s1. The van der Waals surface area contributed by atoms with Crippen LogP contribution in [0.2, 0.25) is 0 Å². The highest BCUT2D eigenvalue weighted by Gasteiger charge is 2.29. The summed E-state index contributed by atoms with van der Waals surface area (Å²) in [5.74, 6) is 0. The highest BCUT2D eigenvalue weighted by atomic mass is 32.2. The maximum Gasteiger partial charge on any atom is 0.251 e. The van der Waals surface area contributed by atoms with Crippen LogP contribution in [-0.2, 0) is 0 Å². The maximum atomic E-state index is 12.4. The highest BCUT2D eigenvalue weighted by Crippen LogP contribution is 2.44. The van der Waals surface area contributed by atoms with Gasteiger partial charge in [-0.25, -0.2) is 8.78 Å². The van der Waals surface area contributed by atoms with Crippen molar-refractivity contribution < 1.29 is 8.78 Å². The summed E-state index contributed by atoms with van der Waals surface area (Å²) in [5, 5.41) is 6.61. The lowest BCUT2D eigenvalue weighted by molar-refractivity contribution is 0.0718. The van der Waals surface area contributed by atoms with E-state index in [4.69, 9.17) is 0 Å². The molecule has 1 unspecified atom stereocenters. The summed E-state index contributed by atoms with van der Waals surface area (Å²) in [4.78, 5) is 1.89. The van der Waals surface area contributed by atoms with E-state index in [1.54, 1.807) is 0 Å². The molecule has 0 spiro atoms. The van der Waals surface area contributed by atoms with Gasteiger partial charge in [-0.3, -0.25) is 4.90 Å². The molecule has 21 heavy (non-hydrogen) atoms. The zero-order valence-electron chi connectivity index (χ0n) is 12.2. The molecule has 1 N–H and O–H groups in total. The van der Waals surface area contributed by atoms with Crippen LogP contribution in [0.4, 0.5) is 8.78 Å². The smallest absolute Gasteiger partial charge is 0.251 e. The monoisotopic (exact) mass is 332 g/mol. The molecule has 1 aromatic heterocycles. The van der Waals surface area contributed by atoms with E-state index >= 15 is 0 Å². The van der Waals surface area contributed by atoms with Gasteiger partial charge in [0.25, 0.3) is 6.43 Å². The van der Waals surface area contributed by atoms with Crippen molar-refractivity contribution in [2.24, 2.45) is 0 Å². The van der Waals surface area contributed by atoms with Crippen molar-refractivity contribution in [3.8, 4) is 0 Å². The maximum absolute atomic E-state index is 12.4. The van der Waals surface area contributed by atoms with Crippen LogP contribution in [-0.4, -0.2) is 42.3 Å². The Morgan fingerprint density at radius 3 is 2.86 bits per heavy atom. The summed E-state index contributed by atoms with van der Waals surface area (Å²) >= 11 is 3.81. The number of halogens is 2. The number of alkyl halides is 2. The van der Waals surface area contributed by atoms with Crippen LogP contribution in [0.25, 0.3) is 0 Å². The largest absolute Gasteiger partial charge is 0.307 e. The highest BCUT2D eigenvalue weighted by molar-refractivity contribution is 8.01. The minimum atomic E-state index is -2.21. The Balaban J connectivity index is 1.54. The Morgan fingerprint density at radius 1 is 1.38 bits per heavy atom. The first-order valence-corrected chi connectivity index (χ1v) is 9.38. The molecule has 0 amide bonds. The van der Waals surface area contributed by atoms with Crippen LogP contribution < -0.4 is 5.32 Å². The van der Waals surface area contributed by atoms with Crippen molar-refractivity contribution in [2.45, 2.75) is 54.2 Å². The molecule has 0 bridgehead atoms. The van der Waals surface area contributed by atoms with E-state index in [0.29, 0.717) is 17.3 Å². The van der Waals surface area contributed by atoms with Gasteiger partial charge in [0.2, 0.25) is 0 Å². The van der Waals surface area contributed by atoms with E-state index in [0.717, 1.165) is 32.4 Å². The van der Waals surface area contributed by atoms with Gasteiger partial charge in [0.1, 0.15) is 0 Å². The number of nitrogens with zero attached hydrogens (tertiary/aromatic N) is 1. The molecule has 0 aliphatic carbocycles. The van der Waals surface area contributed by atoms with Gasteiger partial charge in [-0.2, -0.15) is 0 Å². The van der Waals surface area contributed by atoms with E-state index in [2.05, 4.69) is 23.7 Å². The lowest BCUT2D eigenvalue weighted by Crippen LogP contribution is -2.45. The lowest BCUT2D eigenvalue weighted by Gasteiger charge is -2.36. The molecule has 2 aliphatic heterocycles.